The molecule has 0 fully saturated rings. The number of aromatic amines is 1. The minimum atomic E-state index is -0.284. The zero-order valence-electron chi connectivity index (χ0n) is 15.2. The number of carbonyl (C=O) groups excluding carboxylic acids is 1. The van der Waals surface area contributed by atoms with Gasteiger partial charge in [-0.25, -0.2) is 4.98 Å². The first-order valence-corrected chi connectivity index (χ1v) is 9.35. The molecule has 9 heteroatoms. The molecule has 146 valence electrons. The topological polar surface area (TPSA) is 110 Å². The molecule has 0 aliphatic rings. The minimum absolute atomic E-state index is 0.131. The van der Waals surface area contributed by atoms with Crippen molar-refractivity contribution in [2.45, 2.75) is 18.9 Å². The number of nitrogens with zero attached hydrogens (tertiary/aromatic N) is 4. The van der Waals surface area contributed by atoms with Gasteiger partial charge in [-0.1, -0.05) is 59.2 Å². The van der Waals surface area contributed by atoms with Crippen LogP contribution in [0.5, 0.6) is 0 Å². The van der Waals surface area contributed by atoms with Gasteiger partial charge in [-0.2, -0.15) is 10.1 Å². The Balaban J connectivity index is 1.43. The minimum Gasteiger partial charge on any atom is -0.345 e. The Bertz CT molecular complexity index is 1060. The molecule has 2 aromatic carbocycles. The Labute approximate surface area is 171 Å². The number of amides is 1. The van der Waals surface area contributed by atoms with Crippen LogP contribution in [0.25, 0.3) is 11.6 Å². The molecule has 0 radical (unpaired) electrons. The van der Waals surface area contributed by atoms with Crippen molar-refractivity contribution in [2.24, 2.45) is 0 Å². The van der Waals surface area contributed by atoms with Gasteiger partial charge in [0.05, 0.1) is 6.04 Å². The number of rotatable bonds is 7. The van der Waals surface area contributed by atoms with Crippen LogP contribution in [0.4, 0.5) is 0 Å². The van der Waals surface area contributed by atoms with Crippen molar-refractivity contribution < 1.29 is 9.32 Å². The molecule has 1 amide bonds. The number of halogens is 1. The lowest BCUT2D eigenvalue weighted by atomic mass is 9.98. The molecule has 2 aromatic heterocycles. The lowest BCUT2D eigenvalue weighted by Gasteiger charge is -2.20. The molecule has 0 saturated carbocycles. The number of carbonyl (C=O) groups is 1. The predicted molar refractivity (Wildman–Crippen MR) is 106 cm³/mol. The maximum Gasteiger partial charge on any atom is 0.239 e. The summed E-state index contributed by atoms with van der Waals surface area (Å²) in [5, 5.41) is 14.0. The van der Waals surface area contributed by atoms with Crippen LogP contribution in [0.1, 0.15) is 29.5 Å². The maximum absolute atomic E-state index is 12.6. The first-order valence-electron chi connectivity index (χ1n) is 8.97. The van der Waals surface area contributed by atoms with Gasteiger partial charge in [0, 0.05) is 17.9 Å². The fourth-order valence-corrected chi connectivity index (χ4v) is 3.01. The quantitative estimate of drug-likeness (QED) is 0.485. The second kappa shape index (κ2) is 8.66. The second-order valence-corrected chi connectivity index (χ2v) is 6.74. The molecule has 0 bridgehead atoms. The van der Waals surface area contributed by atoms with Crippen LogP contribution in [-0.4, -0.2) is 31.2 Å². The van der Waals surface area contributed by atoms with Crippen molar-refractivity contribution in [3.8, 4) is 11.6 Å². The van der Waals surface area contributed by atoms with Crippen LogP contribution in [0.3, 0.4) is 0 Å². The molecule has 0 spiro atoms. The smallest absolute Gasteiger partial charge is 0.239 e. The monoisotopic (exact) mass is 408 g/mol. The number of aromatic nitrogens is 5. The Morgan fingerprint density at radius 3 is 2.59 bits per heavy atom. The van der Waals surface area contributed by atoms with Gasteiger partial charge in [-0.3, -0.25) is 9.89 Å². The predicted octanol–water partition coefficient (Wildman–Crippen LogP) is 3.35. The first-order chi connectivity index (χ1) is 14.2. The van der Waals surface area contributed by atoms with Gasteiger partial charge in [-0.05, 0) is 23.3 Å². The fraction of sp³-hybridized carbons (Fsp3) is 0.150. The molecule has 29 heavy (non-hydrogen) atoms. The molecular formula is C20H17ClN6O2. The zero-order valence-corrected chi connectivity index (χ0v) is 16.0. The Morgan fingerprint density at radius 2 is 1.86 bits per heavy atom. The van der Waals surface area contributed by atoms with E-state index in [1.54, 1.807) is 0 Å². The molecule has 0 saturated heterocycles. The molecule has 4 aromatic rings. The SMILES string of the molecule is O=C(CCc1nc(-c2ncn[nH]2)no1)NC(c1ccccc1)c1ccc(Cl)cc1. The average molecular weight is 409 g/mol. The summed E-state index contributed by atoms with van der Waals surface area (Å²) in [6, 6.07) is 16.9. The van der Waals surface area contributed by atoms with E-state index in [0.29, 0.717) is 29.0 Å². The molecule has 2 heterocycles. The molecule has 2 N–H and O–H groups in total. The largest absolute Gasteiger partial charge is 0.345 e. The van der Waals surface area contributed by atoms with E-state index in [4.69, 9.17) is 16.1 Å². The summed E-state index contributed by atoms with van der Waals surface area (Å²) in [5.74, 6) is 0.945. The molecular weight excluding hydrogens is 392 g/mol. The van der Waals surface area contributed by atoms with Gasteiger partial charge in [0.15, 0.2) is 5.82 Å². The van der Waals surface area contributed by atoms with Crippen LogP contribution >= 0.6 is 11.6 Å². The van der Waals surface area contributed by atoms with Gasteiger partial charge < -0.3 is 9.84 Å². The third-order valence-electron chi connectivity index (χ3n) is 4.30. The maximum atomic E-state index is 12.6. The molecule has 1 atom stereocenters. The van der Waals surface area contributed by atoms with Crippen molar-refractivity contribution >= 4 is 17.5 Å². The number of benzene rings is 2. The molecule has 0 aliphatic heterocycles. The lowest BCUT2D eigenvalue weighted by Crippen LogP contribution is -2.29. The zero-order chi connectivity index (χ0) is 20.1. The highest BCUT2D eigenvalue weighted by Gasteiger charge is 2.18. The van der Waals surface area contributed by atoms with Crippen molar-refractivity contribution in [1.82, 2.24) is 30.6 Å². The number of H-pyrrole nitrogens is 1. The van der Waals surface area contributed by atoms with E-state index in [9.17, 15) is 4.79 Å². The number of aryl methyl sites for hydroxylation is 1. The standard InChI is InChI=1S/C20H17ClN6O2/c21-15-8-6-14(7-9-15)18(13-4-2-1-3-5-13)24-16(28)10-11-17-25-20(27-29-17)19-22-12-23-26-19/h1-9,12,18H,10-11H2,(H,24,28)(H,22,23,26). The summed E-state index contributed by atoms with van der Waals surface area (Å²) < 4.78 is 5.18. The average Bonchev–Trinajstić information content (AvgIpc) is 3.44. The van der Waals surface area contributed by atoms with Crippen LogP contribution < -0.4 is 5.32 Å². The summed E-state index contributed by atoms with van der Waals surface area (Å²) in [6.07, 6.45) is 1.88. The third kappa shape index (κ3) is 4.67. The Hall–Kier alpha value is -3.52. The summed E-state index contributed by atoms with van der Waals surface area (Å²) >= 11 is 6.00. The normalized spacial score (nSPS) is 11.9. The van der Waals surface area contributed by atoms with Gasteiger partial charge in [-0.15, -0.1) is 0 Å². The van der Waals surface area contributed by atoms with E-state index in [0.717, 1.165) is 11.1 Å². The van der Waals surface area contributed by atoms with E-state index in [-0.39, 0.29) is 18.4 Å². The third-order valence-corrected chi connectivity index (χ3v) is 4.55. The molecule has 8 nitrogen and oxygen atoms in total. The van der Waals surface area contributed by atoms with Crippen molar-refractivity contribution in [1.29, 1.82) is 0 Å². The van der Waals surface area contributed by atoms with Gasteiger partial charge in [0.2, 0.25) is 17.6 Å². The number of hydrogen-bond acceptors (Lipinski definition) is 6. The molecule has 1 unspecified atom stereocenters. The highest BCUT2D eigenvalue weighted by Crippen LogP contribution is 2.24. The van der Waals surface area contributed by atoms with Gasteiger partial charge in [0.1, 0.15) is 6.33 Å². The van der Waals surface area contributed by atoms with Gasteiger partial charge in [0.25, 0.3) is 0 Å². The van der Waals surface area contributed by atoms with Crippen LogP contribution in [0, 0.1) is 0 Å². The van der Waals surface area contributed by atoms with Gasteiger partial charge >= 0.3 is 0 Å². The van der Waals surface area contributed by atoms with Crippen molar-refractivity contribution in [3.05, 3.63) is 83.0 Å². The second-order valence-electron chi connectivity index (χ2n) is 6.31. The van der Waals surface area contributed by atoms with E-state index in [1.807, 2.05) is 54.6 Å². The lowest BCUT2D eigenvalue weighted by molar-refractivity contribution is -0.121. The highest BCUT2D eigenvalue weighted by molar-refractivity contribution is 6.30. The van der Waals surface area contributed by atoms with Crippen LogP contribution in [-0.2, 0) is 11.2 Å². The fourth-order valence-electron chi connectivity index (χ4n) is 2.88. The Kier molecular flexibility index (Phi) is 5.62. The highest BCUT2D eigenvalue weighted by atomic mass is 35.5. The van der Waals surface area contributed by atoms with E-state index < -0.39 is 0 Å². The Morgan fingerprint density at radius 1 is 1.10 bits per heavy atom. The molecule has 4 rings (SSSR count). The summed E-state index contributed by atoms with van der Waals surface area (Å²) in [7, 11) is 0. The van der Waals surface area contributed by atoms with E-state index in [1.165, 1.54) is 6.33 Å². The summed E-state index contributed by atoms with van der Waals surface area (Å²) in [4.78, 5) is 20.8. The summed E-state index contributed by atoms with van der Waals surface area (Å²) in [6.45, 7) is 0. The number of hydrogen-bond donors (Lipinski definition) is 2. The number of nitrogens with one attached hydrogen (secondary N) is 2. The van der Waals surface area contributed by atoms with E-state index in [2.05, 4.69) is 30.6 Å². The molecule has 0 aliphatic carbocycles. The van der Waals surface area contributed by atoms with Crippen LogP contribution in [0.2, 0.25) is 5.02 Å². The summed E-state index contributed by atoms with van der Waals surface area (Å²) in [5.41, 5.74) is 1.92. The van der Waals surface area contributed by atoms with Crippen LogP contribution in [0.15, 0.2) is 65.4 Å². The first kappa shape index (κ1) is 18.8. The van der Waals surface area contributed by atoms with E-state index >= 15 is 0 Å². The van der Waals surface area contributed by atoms with Crippen molar-refractivity contribution in [3.63, 3.8) is 0 Å². The van der Waals surface area contributed by atoms with Crippen molar-refractivity contribution in [2.75, 3.05) is 0 Å².